The van der Waals surface area contributed by atoms with Crippen LogP contribution in [0.4, 0.5) is 22.0 Å². The van der Waals surface area contributed by atoms with Crippen molar-refractivity contribution >= 4 is 23.7 Å². The number of carboxylic acid groups (broad SMARTS) is 1. The van der Waals surface area contributed by atoms with Crippen LogP contribution in [0.2, 0.25) is 0 Å². The number of ether oxygens (including phenoxy) is 5. The zero-order chi connectivity index (χ0) is 26.4. The third-order valence-corrected chi connectivity index (χ3v) is 3.87. The van der Waals surface area contributed by atoms with Crippen molar-refractivity contribution in [3.05, 3.63) is 29.1 Å². The fraction of sp³-hybridized carbons (Fsp3) is 0.500. The number of aliphatic carboxylic acids is 1. The molecule has 0 heterocycles. The third kappa shape index (κ3) is 10.7. The molecule has 10 nitrogen and oxygen atoms in total. The molecule has 1 aromatic rings. The highest BCUT2D eigenvalue weighted by atomic mass is 19.2. The predicted octanol–water partition coefficient (Wildman–Crippen LogP) is 1.70. The van der Waals surface area contributed by atoms with E-state index in [0.717, 1.165) is 0 Å². The van der Waals surface area contributed by atoms with E-state index in [2.05, 4.69) is 4.74 Å². The first-order valence-corrected chi connectivity index (χ1v) is 9.93. The van der Waals surface area contributed by atoms with E-state index in [-0.39, 0.29) is 52.7 Å². The second kappa shape index (κ2) is 15.7. The van der Waals surface area contributed by atoms with E-state index in [0.29, 0.717) is 0 Å². The highest BCUT2D eigenvalue weighted by Crippen LogP contribution is 2.29. The van der Waals surface area contributed by atoms with E-state index >= 15 is 0 Å². The van der Waals surface area contributed by atoms with Gasteiger partial charge in [-0.25, -0.2) is 18.0 Å². The van der Waals surface area contributed by atoms with Crippen LogP contribution in [0.25, 0.3) is 0 Å². The van der Waals surface area contributed by atoms with Crippen molar-refractivity contribution < 1.29 is 69.9 Å². The predicted molar refractivity (Wildman–Crippen MR) is 102 cm³/mol. The Hall–Kier alpha value is -3.17. The summed E-state index contributed by atoms with van der Waals surface area (Å²) < 4.78 is 90.1. The van der Waals surface area contributed by atoms with E-state index in [9.17, 15) is 41.1 Å². The topological polar surface area (TPSA) is 135 Å². The first-order chi connectivity index (χ1) is 16.6. The van der Waals surface area contributed by atoms with Crippen LogP contribution in [0.1, 0.15) is 19.3 Å². The van der Waals surface area contributed by atoms with Gasteiger partial charge in [-0.15, -0.1) is 0 Å². The number of Topliss-reactive ketones (excluding diaryl/α,β-unsaturated/α-hetero) is 1. The average molecular weight is 516 g/mol. The molecule has 1 N–H and O–H groups in total. The van der Waals surface area contributed by atoms with Crippen LogP contribution >= 0.6 is 0 Å². The highest BCUT2D eigenvalue weighted by molar-refractivity contribution is 6.32. The molecule has 0 atom stereocenters. The molecular formula is C20H21F5O10. The van der Waals surface area contributed by atoms with E-state index in [1.54, 1.807) is 0 Å². The molecule has 0 spiro atoms. The van der Waals surface area contributed by atoms with Crippen molar-refractivity contribution in [3.63, 3.8) is 0 Å². The average Bonchev–Trinajstić information content (AvgIpc) is 2.83. The van der Waals surface area contributed by atoms with Gasteiger partial charge in [0.25, 0.3) is 0 Å². The molecule has 0 amide bonds. The van der Waals surface area contributed by atoms with Gasteiger partial charge >= 0.3 is 17.9 Å². The Balaban J connectivity index is 2.04. The molecular weight excluding hydrogens is 495 g/mol. The van der Waals surface area contributed by atoms with Gasteiger partial charge < -0.3 is 28.8 Å². The summed E-state index contributed by atoms with van der Waals surface area (Å²) in [7, 11) is 0. The summed E-state index contributed by atoms with van der Waals surface area (Å²) in [4.78, 5) is 43.9. The van der Waals surface area contributed by atoms with E-state index in [1.807, 2.05) is 0 Å². The van der Waals surface area contributed by atoms with Crippen molar-refractivity contribution in [1.29, 1.82) is 0 Å². The lowest BCUT2D eigenvalue weighted by atomic mass is 10.2. The molecule has 0 aliphatic carbocycles. The van der Waals surface area contributed by atoms with Crippen LogP contribution in [0.3, 0.4) is 0 Å². The van der Waals surface area contributed by atoms with Gasteiger partial charge in [0.2, 0.25) is 40.6 Å². The van der Waals surface area contributed by atoms with Gasteiger partial charge in [0.15, 0.2) is 0 Å². The normalized spacial score (nSPS) is 10.8. The summed E-state index contributed by atoms with van der Waals surface area (Å²) in [6.45, 7) is -0.0212. The van der Waals surface area contributed by atoms with Gasteiger partial charge in [-0.1, -0.05) is 0 Å². The fourth-order valence-electron chi connectivity index (χ4n) is 2.15. The lowest BCUT2D eigenvalue weighted by molar-refractivity contribution is -0.151. The summed E-state index contributed by atoms with van der Waals surface area (Å²) in [5.74, 6) is -17.8. The maximum absolute atomic E-state index is 13.4. The number of rotatable bonds is 17. The first-order valence-electron chi connectivity index (χ1n) is 9.93. The molecule has 0 aliphatic heterocycles. The summed E-state index contributed by atoms with van der Waals surface area (Å²) >= 11 is 0. The van der Waals surface area contributed by atoms with Gasteiger partial charge in [0, 0.05) is 6.42 Å². The molecule has 0 saturated carbocycles. The minimum Gasteiger partial charge on any atom is -0.476 e. The molecule has 0 radical (unpaired) electrons. The van der Waals surface area contributed by atoms with Crippen LogP contribution in [-0.4, -0.2) is 75.0 Å². The molecule has 0 saturated heterocycles. The molecule has 0 bridgehead atoms. The van der Waals surface area contributed by atoms with Crippen LogP contribution in [0, 0.1) is 29.1 Å². The van der Waals surface area contributed by atoms with E-state index in [1.165, 1.54) is 0 Å². The van der Waals surface area contributed by atoms with Crippen LogP contribution in [0.15, 0.2) is 0 Å². The lowest BCUT2D eigenvalue weighted by Gasteiger charge is -2.09. The summed E-state index contributed by atoms with van der Waals surface area (Å²) in [6, 6.07) is 0. The number of carboxylic acids is 1. The highest BCUT2D eigenvalue weighted by Gasteiger charge is 2.28. The van der Waals surface area contributed by atoms with Crippen LogP contribution in [-0.2, 0) is 38.1 Å². The molecule has 196 valence electrons. The Kier molecular flexibility index (Phi) is 13.4. The Bertz CT molecular complexity index is 880. The first kappa shape index (κ1) is 29.9. The van der Waals surface area contributed by atoms with Gasteiger partial charge in [-0.3, -0.25) is 14.4 Å². The van der Waals surface area contributed by atoms with Crippen LogP contribution in [0.5, 0.6) is 5.75 Å². The molecule has 0 unspecified atom stereocenters. The largest absolute Gasteiger partial charge is 0.476 e. The molecule has 0 aliphatic rings. The maximum Gasteiger partial charge on any atom is 0.372 e. The zero-order valence-corrected chi connectivity index (χ0v) is 18.1. The number of ketones is 1. The van der Waals surface area contributed by atoms with Gasteiger partial charge in [-0.05, 0) is 0 Å². The Morgan fingerprint density at radius 2 is 1.03 bits per heavy atom. The minimum absolute atomic E-state index is 0.00246. The smallest absolute Gasteiger partial charge is 0.372 e. The Morgan fingerprint density at radius 3 is 1.54 bits per heavy atom. The summed E-state index contributed by atoms with van der Waals surface area (Å²) in [5.41, 5.74) is 0. The Morgan fingerprint density at radius 1 is 0.571 bits per heavy atom. The zero-order valence-electron chi connectivity index (χ0n) is 18.1. The summed E-state index contributed by atoms with van der Waals surface area (Å²) in [6.07, 6.45) is -1.35. The maximum atomic E-state index is 13.4. The third-order valence-electron chi connectivity index (χ3n) is 3.87. The fourth-order valence-corrected chi connectivity index (χ4v) is 2.15. The minimum atomic E-state index is -2.37. The van der Waals surface area contributed by atoms with Crippen molar-refractivity contribution in [2.24, 2.45) is 0 Å². The van der Waals surface area contributed by atoms with Crippen molar-refractivity contribution in [2.75, 3.05) is 46.2 Å². The molecule has 35 heavy (non-hydrogen) atoms. The number of hydrogen-bond acceptors (Lipinski definition) is 9. The number of esters is 2. The standard InChI is InChI=1S/C20H21F5O10/c21-14-15(22)17(24)19(18(25)16(14)23)35-13(28)3-4-31-5-6-32-7-8-33-9-10-34-12(27)2-1-11(26)20(29)30/h1-10H2,(H,29,30). The number of halogens is 5. The molecule has 1 rings (SSSR count). The second-order valence-corrected chi connectivity index (χ2v) is 6.41. The molecule has 0 aromatic heterocycles. The van der Waals surface area contributed by atoms with Crippen LogP contribution < -0.4 is 4.74 Å². The Labute approximate surface area is 194 Å². The van der Waals surface area contributed by atoms with E-state index in [4.69, 9.17) is 24.1 Å². The lowest BCUT2D eigenvalue weighted by Crippen LogP contribution is -2.17. The second-order valence-electron chi connectivity index (χ2n) is 6.41. The van der Waals surface area contributed by atoms with Crippen molar-refractivity contribution in [1.82, 2.24) is 0 Å². The number of hydrogen-bond donors (Lipinski definition) is 1. The number of carbonyl (C=O) groups excluding carboxylic acids is 3. The van der Waals surface area contributed by atoms with Crippen molar-refractivity contribution in [2.45, 2.75) is 19.3 Å². The van der Waals surface area contributed by atoms with Gasteiger partial charge in [0.05, 0.1) is 52.5 Å². The molecule has 0 fully saturated rings. The van der Waals surface area contributed by atoms with Crippen molar-refractivity contribution in [3.8, 4) is 5.75 Å². The van der Waals surface area contributed by atoms with Gasteiger partial charge in [-0.2, -0.15) is 8.78 Å². The molecule has 1 aromatic carbocycles. The SMILES string of the molecule is O=C(CCC(=O)C(=O)O)OCCOCCOCCOCCC(=O)Oc1c(F)c(F)c(F)c(F)c1F. The molecule has 15 heteroatoms. The quantitative estimate of drug-likeness (QED) is 0.0620. The van der Waals surface area contributed by atoms with E-state index < -0.39 is 71.4 Å². The monoisotopic (exact) mass is 516 g/mol. The number of benzene rings is 1. The van der Waals surface area contributed by atoms with Gasteiger partial charge in [0.1, 0.15) is 6.61 Å². The number of carbonyl (C=O) groups is 4. The summed E-state index contributed by atoms with van der Waals surface area (Å²) in [5, 5.41) is 8.37.